The minimum atomic E-state index is -0.524. The van der Waals surface area contributed by atoms with Crippen LogP contribution >= 0.6 is 11.8 Å². The molecule has 4 amide bonds. The zero-order valence-electron chi connectivity index (χ0n) is 21.4. The summed E-state index contributed by atoms with van der Waals surface area (Å²) in [4.78, 5) is 52.9. The SMILES string of the molecule is COc1cc(/C=C2/SC(=O)N(CC(=O)N3CCOCC3)C2=O)ccc1OCC(=O)Nc1ccc(C)c(C)c1. The Kier molecular flexibility index (Phi) is 8.70. The number of ether oxygens (including phenoxy) is 3. The van der Waals surface area contributed by atoms with E-state index >= 15 is 0 Å². The molecule has 0 unspecified atom stereocenters. The molecule has 1 N–H and O–H groups in total. The van der Waals surface area contributed by atoms with Crippen LogP contribution in [0.25, 0.3) is 6.08 Å². The van der Waals surface area contributed by atoms with Gasteiger partial charge >= 0.3 is 0 Å². The maximum absolute atomic E-state index is 12.8. The Morgan fingerprint density at radius 1 is 1.05 bits per heavy atom. The molecule has 2 heterocycles. The average molecular weight is 540 g/mol. The number of thioether (sulfide) groups is 1. The second-order valence-electron chi connectivity index (χ2n) is 8.81. The van der Waals surface area contributed by atoms with E-state index in [1.54, 1.807) is 29.2 Å². The minimum absolute atomic E-state index is 0.202. The minimum Gasteiger partial charge on any atom is -0.493 e. The quantitative estimate of drug-likeness (QED) is 0.509. The van der Waals surface area contributed by atoms with Crippen LogP contribution in [0.5, 0.6) is 11.5 Å². The molecule has 2 aromatic rings. The molecule has 2 fully saturated rings. The number of benzene rings is 2. The molecule has 200 valence electrons. The number of imide groups is 1. The Labute approximate surface area is 224 Å². The summed E-state index contributed by atoms with van der Waals surface area (Å²) in [6.45, 7) is 5.19. The maximum Gasteiger partial charge on any atom is 0.294 e. The molecule has 11 heteroatoms. The van der Waals surface area contributed by atoms with Crippen molar-refractivity contribution in [3.63, 3.8) is 0 Å². The number of aryl methyl sites for hydroxylation is 2. The van der Waals surface area contributed by atoms with Crippen molar-refractivity contribution < 1.29 is 33.4 Å². The summed E-state index contributed by atoms with van der Waals surface area (Å²) in [5, 5.41) is 2.30. The fourth-order valence-corrected chi connectivity index (χ4v) is 4.73. The lowest BCUT2D eigenvalue weighted by atomic mass is 10.1. The van der Waals surface area contributed by atoms with Gasteiger partial charge in [-0.2, -0.15) is 0 Å². The smallest absolute Gasteiger partial charge is 0.294 e. The molecule has 0 atom stereocenters. The van der Waals surface area contributed by atoms with E-state index in [-0.39, 0.29) is 29.9 Å². The van der Waals surface area contributed by atoms with Crippen molar-refractivity contribution in [2.75, 3.05) is 51.9 Å². The number of carbonyl (C=O) groups excluding carboxylic acids is 4. The first-order valence-corrected chi connectivity index (χ1v) is 12.9. The van der Waals surface area contributed by atoms with E-state index in [0.29, 0.717) is 49.1 Å². The first kappa shape index (κ1) is 27.2. The maximum atomic E-state index is 12.8. The molecule has 2 saturated heterocycles. The number of nitrogens with one attached hydrogen (secondary N) is 1. The molecule has 4 rings (SSSR count). The van der Waals surface area contributed by atoms with E-state index in [4.69, 9.17) is 14.2 Å². The average Bonchev–Trinajstić information content (AvgIpc) is 3.17. The Bertz CT molecular complexity index is 1290. The number of morpholine rings is 1. The van der Waals surface area contributed by atoms with Crippen molar-refractivity contribution in [2.24, 2.45) is 0 Å². The van der Waals surface area contributed by atoms with E-state index in [9.17, 15) is 19.2 Å². The third-order valence-electron chi connectivity index (χ3n) is 6.17. The van der Waals surface area contributed by atoms with Gasteiger partial charge in [-0.3, -0.25) is 24.1 Å². The van der Waals surface area contributed by atoms with Gasteiger partial charge in [0.15, 0.2) is 18.1 Å². The van der Waals surface area contributed by atoms with Gasteiger partial charge in [0.25, 0.3) is 17.1 Å². The fraction of sp³-hybridized carbons (Fsp3) is 0.333. The molecular weight excluding hydrogens is 510 g/mol. The van der Waals surface area contributed by atoms with Gasteiger partial charge in [0.05, 0.1) is 25.2 Å². The van der Waals surface area contributed by atoms with E-state index in [0.717, 1.165) is 27.8 Å². The molecule has 0 aliphatic carbocycles. The van der Waals surface area contributed by atoms with Crippen molar-refractivity contribution in [1.82, 2.24) is 9.80 Å². The van der Waals surface area contributed by atoms with E-state index in [1.165, 1.54) is 7.11 Å². The molecule has 0 saturated carbocycles. The van der Waals surface area contributed by atoms with Crippen molar-refractivity contribution in [2.45, 2.75) is 13.8 Å². The van der Waals surface area contributed by atoms with Crippen LogP contribution in [0.4, 0.5) is 10.5 Å². The molecule has 0 radical (unpaired) electrons. The predicted octanol–water partition coefficient (Wildman–Crippen LogP) is 3.22. The van der Waals surface area contributed by atoms with E-state index in [1.807, 2.05) is 32.0 Å². The summed E-state index contributed by atoms with van der Waals surface area (Å²) >= 11 is 0.778. The monoisotopic (exact) mass is 539 g/mol. The summed E-state index contributed by atoms with van der Waals surface area (Å²) in [5.74, 6) is -0.422. The van der Waals surface area contributed by atoms with E-state index in [2.05, 4.69) is 5.32 Å². The van der Waals surface area contributed by atoms with Gasteiger partial charge in [0.2, 0.25) is 5.91 Å². The second-order valence-corrected chi connectivity index (χ2v) is 9.80. The summed E-state index contributed by atoms with van der Waals surface area (Å²) in [7, 11) is 1.46. The number of nitrogens with zero attached hydrogens (tertiary/aromatic N) is 2. The Morgan fingerprint density at radius 3 is 2.53 bits per heavy atom. The standard InChI is InChI=1S/C27H29N3O7S/c1-17-4-6-20(12-18(17)2)28-24(31)16-37-21-7-5-19(13-22(21)35-3)14-23-26(33)30(27(34)38-23)15-25(32)29-8-10-36-11-9-29/h4-7,12-14H,8-11,15-16H2,1-3H3,(H,28,31)/b23-14+. The van der Waals surface area contributed by atoms with Crippen LogP contribution < -0.4 is 14.8 Å². The van der Waals surface area contributed by atoms with Gasteiger partial charge in [-0.05, 0) is 72.6 Å². The third-order valence-corrected chi connectivity index (χ3v) is 7.07. The van der Waals surface area contributed by atoms with Gasteiger partial charge in [0, 0.05) is 18.8 Å². The predicted molar refractivity (Wildman–Crippen MR) is 143 cm³/mol. The summed E-state index contributed by atoms with van der Waals surface area (Å²) in [5.41, 5.74) is 3.49. The Balaban J connectivity index is 1.38. The van der Waals surface area contributed by atoms with Crippen molar-refractivity contribution >= 4 is 46.5 Å². The van der Waals surface area contributed by atoms with Crippen LogP contribution in [0.3, 0.4) is 0 Å². The normalized spacial score (nSPS) is 16.7. The Morgan fingerprint density at radius 2 is 1.82 bits per heavy atom. The summed E-state index contributed by atoms with van der Waals surface area (Å²) < 4.78 is 16.3. The lowest BCUT2D eigenvalue weighted by Gasteiger charge is -2.28. The van der Waals surface area contributed by atoms with Crippen LogP contribution in [0, 0.1) is 13.8 Å². The van der Waals surface area contributed by atoms with Gasteiger partial charge in [-0.25, -0.2) is 0 Å². The zero-order chi connectivity index (χ0) is 27.2. The lowest BCUT2D eigenvalue weighted by Crippen LogP contribution is -2.46. The third kappa shape index (κ3) is 6.53. The van der Waals surface area contributed by atoms with Gasteiger partial charge in [-0.1, -0.05) is 12.1 Å². The van der Waals surface area contributed by atoms with Crippen LogP contribution in [-0.4, -0.2) is 79.3 Å². The number of amides is 4. The molecule has 2 aliphatic rings. The summed E-state index contributed by atoms with van der Waals surface area (Å²) in [6, 6.07) is 10.6. The van der Waals surface area contributed by atoms with Crippen LogP contribution in [0.2, 0.25) is 0 Å². The highest BCUT2D eigenvalue weighted by atomic mass is 32.2. The molecule has 2 aliphatic heterocycles. The van der Waals surface area contributed by atoms with Crippen molar-refractivity contribution in [3.8, 4) is 11.5 Å². The van der Waals surface area contributed by atoms with Crippen LogP contribution in [0.1, 0.15) is 16.7 Å². The highest BCUT2D eigenvalue weighted by Crippen LogP contribution is 2.34. The number of hydrogen-bond donors (Lipinski definition) is 1. The van der Waals surface area contributed by atoms with Crippen molar-refractivity contribution in [1.29, 1.82) is 0 Å². The summed E-state index contributed by atoms with van der Waals surface area (Å²) in [6.07, 6.45) is 1.56. The number of hydrogen-bond acceptors (Lipinski definition) is 8. The topological polar surface area (TPSA) is 114 Å². The highest BCUT2D eigenvalue weighted by molar-refractivity contribution is 8.18. The number of anilines is 1. The lowest BCUT2D eigenvalue weighted by molar-refractivity contribution is -0.139. The van der Waals surface area contributed by atoms with Gasteiger partial charge < -0.3 is 24.4 Å². The fourth-order valence-electron chi connectivity index (χ4n) is 3.89. The number of rotatable bonds is 8. The first-order chi connectivity index (χ1) is 18.2. The molecule has 38 heavy (non-hydrogen) atoms. The van der Waals surface area contributed by atoms with Crippen LogP contribution in [-0.2, 0) is 19.1 Å². The van der Waals surface area contributed by atoms with Gasteiger partial charge in [0.1, 0.15) is 6.54 Å². The number of methoxy groups -OCH3 is 1. The number of carbonyl (C=O) groups is 4. The highest BCUT2D eigenvalue weighted by Gasteiger charge is 2.37. The molecule has 2 aromatic carbocycles. The Hall–Kier alpha value is -3.83. The van der Waals surface area contributed by atoms with Crippen molar-refractivity contribution in [3.05, 3.63) is 58.0 Å². The molecule has 0 aromatic heterocycles. The largest absolute Gasteiger partial charge is 0.493 e. The zero-order valence-corrected chi connectivity index (χ0v) is 22.3. The first-order valence-electron chi connectivity index (χ1n) is 12.0. The molecular formula is C27H29N3O7S. The van der Waals surface area contributed by atoms with Gasteiger partial charge in [-0.15, -0.1) is 0 Å². The molecule has 0 spiro atoms. The van der Waals surface area contributed by atoms with E-state index < -0.39 is 11.1 Å². The van der Waals surface area contributed by atoms with Crippen LogP contribution in [0.15, 0.2) is 41.3 Å². The molecule has 0 bridgehead atoms. The molecule has 10 nitrogen and oxygen atoms in total. The second kappa shape index (κ2) is 12.1.